The van der Waals surface area contributed by atoms with Gasteiger partial charge in [0.2, 0.25) is 5.91 Å². The monoisotopic (exact) mass is 157 g/mol. The first-order valence-electron chi connectivity index (χ1n) is 3.27. The van der Waals surface area contributed by atoms with Crippen LogP contribution in [0.2, 0.25) is 0 Å². The van der Waals surface area contributed by atoms with Crippen molar-refractivity contribution >= 4 is 11.9 Å². The Morgan fingerprint density at radius 3 is 2.36 bits per heavy atom. The molecular formula is C7H11NO3. The molecule has 0 atom stereocenters. The topological polar surface area (TPSA) is 66.4 Å². The number of amides is 1. The minimum Gasteiger partial charge on any atom is -0.478 e. The molecule has 0 bridgehead atoms. The highest BCUT2D eigenvalue weighted by Crippen LogP contribution is 1.94. The summed E-state index contributed by atoms with van der Waals surface area (Å²) in [5.74, 6) is -1.30. The van der Waals surface area contributed by atoms with Crippen molar-refractivity contribution in [2.75, 3.05) is 0 Å². The van der Waals surface area contributed by atoms with E-state index in [0.717, 1.165) is 6.08 Å². The minimum atomic E-state index is -1.05. The predicted molar refractivity (Wildman–Crippen MR) is 39.8 cm³/mol. The Morgan fingerprint density at radius 2 is 2.09 bits per heavy atom. The zero-order chi connectivity index (χ0) is 8.85. The normalized spacial score (nSPS) is 10.9. The van der Waals surface area contributed by atoms with Crippen molar-refractivity contribution in [3.8, 4) is 0 Å². The average molecular weight is 157 g/mol. The van der Waals surface area contributed by atoms with Gasteiger partial charge in [0, 0.05) is 18.7 Å². The van der Waals surface area contributed by atoms with E-state index in [-0.39, 0.29) is 5.91 Å². The van der Waals surface area contributed by atoms with Crippen molar-refractivity contribution < 1.29 is 14.7 Å². The number of allylic oxidation sites excluding steroid dienone is 1. The van der Waals surface area contributed by atoms with Crippen LogP contribution in [0.4, 0.5) is 0 Å². The predicted octanol–water partition coefficient (Wildman–Crippen LogP) is 0.501. The van der Waals surface area contributed by atoms with Gasteiger partial charge in [0.15, 0.2) is 0 Å². The van der Waals surface area contributed by atoms with Crippen LogP contribution in [0.5, 0.6) is 0 Å². The molecule has 0 aromatic rings. The number of carbonyl (C=O) groups is 2. The smallest absolute Gasteiger partial charge is 0.330 e. The van der Waals surface area contributed by atoms with E-state index >= 15 is 0 Å². The molecule has 2 N–H and O–H groups in total. The number of carboxylic acid groups (broad SMARTS) is 1. The lowest BCUT2D eigenvalue weighted by molar-refractivity contribution is -0.131. The Kier molecular flexibility index (Phi) is 3.95. The van der Waals surface area contributed by atoms with E-state index < -0.39 is 5.97 Å². The lowest BCUT2D eigenvalue weighted by atomic mass is 10.3. The van der Waals surface area contributed by atoms with Gasteiger partial charge in [-0.1, -0.05) is 6.92 Å². The summed E-state index contributed by atoms with van der Waals surface area (Å²) in [5, 5.41) is 10.7. The third kappa shape index (κ3) is 5.14. The molecular weight excluding hydrogens is 146 g/mol. The SMILES string of the molecule is CCC(=CC(=O)O)NC(C)=O. The Balaban J connectivity index is 4.16. The largest absolute Gasteiger partial charge is 0.478 e. The van der Waals surface area contributed by atoms with Crippen LogP contribution in [0, 0.1) is 0 Å². The minimum absolute atomic E-state index is 0.251. The van der Waals surface area contributed by atoms with Gasteiger partial charge in [-0.25, -0.2) is 4.79 Å². The Bertz CT molecular complexity index is 196. The highest BCUT2D eigenvalue weighted by atomic mass is 16.4. The van der Waals surface area contributed by atoms with Gasteiger partial charge >= 0.3 is 5.97 Å². The number of aliphatic carboxylic acids is 1. The highest BCUT2D eigenvalue weighted by Gasteiger charge is 1.98. The molecule has 0 saturated carbocycles. The van der Waals surface area contributed by atoms with E-state index in [4.69, 9.17) is 5.11 Å². The van der Waals surface area contributed by atoms with Crippen molar-refractivity contribution in [2.45, 2.75) is 20.3 Å². The van der Waals surface area contributed by atoms with Gasteiger partial charge in [0.1, 0.15) is 0 Å². The fourth-order valence-electron chi connectivity index (χ4n) is 0.602. The maximum Gasteiger partial charge on any atom is 0.330 e. The van der Waals surface area contributed by atoms with Gasteiger partial charge < -0.3 is 10.4 Å². The molecule has 0 spiro atoms. The fraction of sp³-hybridized carbons (Fsp3) is 0.429. The summed E-state index contributed by atoms with van der Waals surface area (Å²) >= 11 is 0. The molecule has 4 nitrogen and oxygen atoms in total. The zero-order valence-electron chi connectivity index (χ0n) is 6.55. The van der Waals surface area contributed by atoms with Crippen molar-refractivity contribution in [3.63, 3.8) is 0 Å². The Labute approximate surface area is 64.9 Å². The van der Waals surface area contributed by atoms with Crippen LogP contribution in [0.3, 0.4) is 0 Å². The first kappa shape index (κ1) is 9.68. The molecule has 0 rings (SSSR count). The summed E-state index contributed by atoms with van der Waals surface area (Å²) in [6, 6.07) is 0. The quantitative estimate of drug-likeness (QED) is 0.586. The maximum absolute atomic E-state index is 10.4. The summed E-state index contributed by atoms with van der Waals surface area (Å²) in [6.45, 7) is 3.11. The fourth-order valence-corrected chi connectivity index (χ4v) is 0.602. The summed E-state index contributed by atoms with van der Waals surface area (Å²) in [6.07, 6.45) is 1.49. The van der Waals surface area contributed by atoms with Crippen LogP contribution in [-0.2, 0) is 9.59 Å². The molecule has 0 aromatic heterocycles. The van der Waals surface area contributed by atoms with Crippen LogP contribution < -0.4 is 5.32 Å². The molecule has 11 heavy (non-hydrogen) atoms. The van der Waals surface area contributed by atoms with Crippen molar-refractivity contribution in [3.05, 3.63) is 11.8 Å². The van der Waals surface area contributed by atoms with E-state index in [1.807, 2.05) is 0 Å². The van der Waals surface area contributed by atoms with Crippen LogP contribution >= 0.6 is 0 Å². The molecule has 62 valence electrons. The second kappa shape index (κ2) is 4.49. The van der Waals surface area contributed by atoms with Gasteiger partial charge in [-0.05, 0) is 6.42 Å². The zero-order valence-corrected chi connectivity index (χ0v) is 6.55. The van der Waals surface area contributed by atoms with Crippen LogP contribution in [-0.4, -0.2) is 17.0 Å². The highest BCUT2D eigenvalue weighted by molar-refractivity contribution is 5.82. The summed E-state index contributed by atoms with van der Waals surface area (Å²) in [7, 11) is 0. The van der Waals surface area contributed by atoms with Crippen molar-refractivity contribution in [1.82, 2.24) is 5.32 Å². The van der Waals surface area contributed by atoms with E-state index in [2.05, 4.69) is 5.32 Å². The molecule has 0 heterocycles. The van der Waals surface area contributed by atoms with E-state index in [9.17, 15) is 9.59 Å². The molecule has 0 unspecified atom stereocenters. The molecule has 0 radical (unpaired) electrons. The first-order valence-corrected chi connectivity index (χ1v) is 3.27. The molecule has 0 aliphatic heterocycles. The molecule has 1 amide bonds. The second-order valence-electron chi connectivity index (χ2n) is 2.04. The van der Waals surface area contributed by atoms with Gasteiger partial charge in [0.25, 0.3) is 0 Å². The Morgan fingerprint density at radius 1 is 1.55 bits per heavy atom. The number of carbonyl (C=O) groups excluding carboxylic acids is 1. The van der Waals surface area contributed by atoms with E-state index in [1.54, 1.807) is 6.92 Å². The average Bonchev–Trinajstić information content (AvgIpc) is 1.84. The number of hydrogen-bond donors (Lipinski definition) is 2. The Hall–Kier alpha value is -1.32. The third-order valence-corrected chi connectivity index (χ3v) is 1.02. The van der Waals surface area contributed by atoms with Crippen LogP contribution in [0.25, 0.3) is 0 Å². The van der Waals surface area contributed by atoms with Gasteiger partial charge in [-0.15, -0.1) is 0 Å². The standard InChI is InChI=1S/C7H11NO3/c1-3-6(4-7(10)11)8-5(2)9/h4H,3H2,1-2H3,(H,8,9)(H,10,11). The molecule has 0 aliphatic carbocycles. The number of hydrogen-bond acceptors (Lipinski definition) is 2. The number of nitrogens with one attached hydrogen (secondary N) is 1. The van der Waals surface area contributed by atoms with E-state index in [1.165, 1.54) is 6.92 Å². The van der Waals surface area contributed by atoms with Crippen molar-refractivity contribution in [1.29, 1.82) is 0 Å². The second-order valence-corrected chi connectivity index (χ2v) is 2.04. The summed E-state index contributed by atoms with van der Waals surface area (Å²) in [5.41, 5.74) is 0.421. The van der Waals surface area contributed by atoms with Crippen LogP contribution in [0.1, 0.15) is 20.3 Å². The van der Waals surface area contributed by atoms with Gasteiger partial charge in [0.05, 0.1) is 0 Å². The molecule has 4 heteroatoms. The summed E-state index contributed by atoms with van der Waals surface area (Å²) in [4.78, 5) is 20.6. The van der Waals surface area contributed by atoms with Gasteiger partial charge in [-0.3, -0.25) is 4.79 Å². The third-order valence-electron chi connectivity index (χ3n) is 1.02. The summed E-state index contributed by atoms with van der Waals surface area (Å²) < 4.78 is 0. The maximum atomic E-state index is 10.4. The molecule has 0 aromatic carbocycles. The molecule has 0 aliphatic rings. The van der Waals surface area contributed by atoms with Gasteiger partial charge in [-0.2, -0.15) is 0 Å². The lowest BCUT2D eigenvalue weighted by Crippen LogP contribution is -2.19. The number of carboxylic acids is 1. The molecule has 0 fully saturated rings. The number of rotatable bonds is 3. The lowest BCUT2D eigenvalue weighted by Gasteiger charge is -2.02. The first-order chi connectivity index (χ1) is 5.06. The van der Waals surface area contributed by atoms with E-state index in [0.29, 0.717) is 12.1 Å². The van der Waals surface area contributed by atoms with Crippen molar-refractivity contribution in [2.24, 2.45) is 0 Å². The van der Waals surface area contributed by atoms with Crippen LogP contribution in [0.15, 0.2) is 11.8 Å². The molecule has 0 saturated heterocycles.